The minimum absolute atomic E-state index is 0.270. The third-order valence-corrected chi connectivity index (χ3v) is 2.99. The first-order valence-corrected chi connectivity index (χ1v) is 6.37. The van der Waals surface area contributed by atoms with E-state index in [0.29, 0.717) is 12.3 Å². The molecule has 1 unspecified atom stereocenters. The maximum atomic E-state index is 11.8. The summed E-state index contributed by atoms with van der Waals surface area (Å²) in [4.78, 5) is 11.8. The Morgan fingerprint density at radius 2 is 2.10 bits per heavy atom. The minimum atomic E-state index is -0.298. The quantitative estimate of drug-likeness (QED) is 0.880. The number of aryl methyl sites for hydroxylation is 1. The summed E-state index contributed by atoms with van der Waals surface area (Å²) in [7, 11) is 1.58. The van der Waals surface area contributed by atoms with Crippen LogP contribution in [0.4, 0.5) is 10.5 Å². The summed E-state index contributed by atoms with van der Waals surface area (Å²) in [5.41, 5.74) is 1.80. The molecule has 1 heterocycles. The maximum Gasteiger partial charge on any atom is 0.319 e. The van der Waals surface area contributed by atoms with Gasteiger partial charge in [-0.05, 0) is 30.7 Å². The molecule has 1 aromatic carbocycles. The van der Waals surface area contributed by atoms with Crippen molar-refractivity contribution >= 4 is 11.7 Å². The summed E-state index contributed by atoms with van der Waals surface area (Å²) < 4.78 is 10.5. The molecule has 1 atom stereocenters. The number of benzene rings is 1. The van der Waals surface area contributed by atoms with Gasteiger partial charge in [-0.3, -0.25) is 0 Å². The molecule has 0 bridgehead atoms. The van der Waals surface area contributed by atoms with Crippen LogP contribution in [0.5, 0.6) is 0 Å². The van der Waals surface area contributed by atoms with Gasteiger partial charge in [0.15, 0.2) is 0 Å². The SMILES string of the molecule is COC(CNC(=O)Nc1ccccc1C)c1ccco1. The van der Waals surface area contributed by atoms with E-state index in [1.165, 1.54) is 0 Å². The molecule has 2 N–H and O–H groups in total. The number of rotatable bonds is 5. The van der Waals surface area contributed by atoms with Gasteiger partial charge in [0, 0.05) is 12.8 Å². The Morgan fingerprint density at radius 3 is 2.75 bits per heavy atom. The summed E-state index contributed by atoms with van der Waals surface area (Å²) >= 11 is 0. The highest BCUT2D eigenvalue weighted by atomic mass is 16.5. The average Bonchev–Trinajstić information content (AvgIpc) is 2.96. The van der Waals surface area contributed by atoms with Crippen LogP contribution in [0.15, 0.2) is 47.1 Å². The normalized spacial score (nSPS) is 11.9. The van der Waals surface area contributed by atoms with Crippen molar-refractivity contribution in [2.75, 3.05) is 19.0 Å². The highest BCUT2D eigenvalue weighted by Gasteiger charge is 2.14. The molecular formula is C15H18N2O3. The Balaban J connectivity index is 1.87. The van der Waals surface area contributed by atoms with E-state index in [-0.39, 0.29) is 12.1 Å². The zero-order valence-electron chi connectivity index (χ0n) is 11.6. The molecular weight excluding hydrogens is 256 g/mol. The Bertz CT molecular complexity index is 552. The van der Waals surface area contributed by atoms with Crippen LogP contribution < -0.4 is 10.6 Å². The Labute approximate surface area is 117 Å². The van der Waals surface area contributed by atoms with Gasteiger partial charge in [0.2, 0.25) is 0 Å². The maximum absolute atomic E-state index is 11.8. The number of para-hydroxylation sites is 1. The second kappa shape index (κ2) is 6.77. The van der Waals surface area contributed by atoms with Gasteiger partial charge in [-0.1, -0.05) is 18.2 Å². The van der Waals surface area contributed by atoms with E-state index in [4.69, 9.17) is 9.15 Å². The molecule has 106 valence electrons. The molecule has 5 heteroatoms. The van der Waals surface area contributed by atoms with Crippen molar-refractivity contribution in [2.45, 2.75) is 13.0 Å². The van der Waals surface area contributed by atoms with Crippen LogP contribution in [0, 0.1) is 6.92 Å². The van der Waals surface area contributed by atoms with Crippen molar-refractivity contribution in [1.82, 2.24) is 5.32 Å². The molecule has 1 aromatic heterocycles. The Kier molecular flexibility index (Phi) is 4.79. The first-order valence-electron chi connectivity index (χ1n) is 6.37. The van der Waals surface area contributed by atoms with Gasteiger partial charge in [0.1, 0.15) is 11.9 Å². The number of carbonyl (C=O) groups excluding carboxylic acids is 1. The van der Waals surface area contributed by atoms with Gasteiger partial charge in [-0.15, -0.1) is 0 Å². The second-order valence-corrected chi connectivity index (χ2v) is 4.39. The Morgan fingerprint density at radius 1 is 1.30 bits per heavy atom. The van der Waals surface area contributed by atoms with Gasteiger partial charge in [-0.2, -0.15) is 0 Å². The van der Waals surface area contributed by atoms with E-state index in [1.807, 2.05) is 37.3 Å². The lowest BCUT2D eigenvalue weighted by molar-refractivity contribution is 0.0855. The number of anilines is 1. The molecule has 2 rings (SSSR count). The van der Waals surface area contributed by atoms with Crippen LogP contribution in [0.3, 0.4) is 0 Å². The predicted octanol–water partition coefficient (Wildman–Crippen LogP) is 3.10. The van der Waals surface area contributed by atoms with Crippen molar-refractivity contribution in [3.63, 3.8) is 0 Å². The molecule has 0 saturated carbocycles. The molecule has 0 saturated heterocycles. The van der Waals surface area contributed by atoms with E-state index in [1.54, 1.807) is 19.4 Å². The number of ether oxygens (including phenoxy) is 1. The third-order valence-electron chi connectivity index (χ3n) is 2.99. The molecule has 0 aliphatic rings. The van der Waals surface area contributed by atoms with E-state index in [0.717, 1.165) is 11.3 Å². The lowest BCUT2D eigenvalue weighted by Gasteiger charge is -2.14. The third kappa shape index (κ3) is 3.61. The standard InChI is InChI=1S/C15H18N2O3/c1-11-6-3-4-7-12(11)17-15(18)16-10-14(19-2)13-8-5-9-20-13/h3-9,14H,10H2,1-2H3,(H2,16,17,18). The molecule has 2 amide bonds. The number of amides is 2. The highest BCUT2D eigenvalue weighted by molar-refractivity contribution is 5.90. The van der Waals surface area contributed by atoms with Gasteiger partial charge in [0.05, 0.1) is 12.8 Å². The predicted molar refractivity (Wildman–Crippen MR) is 76.7 cm³/mol. The Hall–Kier alpha value is -2.27. The van der Waals surface area contributed by atoms with Crippen molar-refractivity contribution in [2.24, 2.45) is 0 Å². The number of furan rings is 1. The van der Waals surface area contributed by atoms with Crippen LogP contribution in [-0.2, 0) is 4.74 Å². The van der Waals surface area contributed by atoms with Crippen LogP contribution in [0.2, 0.25) is 0 Å². The molecule has 0 spiro atoms. The van der Waals surface area contributed by atoms with Crippen molar-refractivity contribution in [3.8, 4) is 0 Å². The van der Waals surface area contributed by atoms with E-state index in [9.17, 15) is 4.79 Å². The van der Waals surface area contributed by atoms with Gasteiger partial charge in [0.25, 0.3) is 0 Å². The fraction of sp³-hybridized carbons (Fsp3) is 0.267. The number of carbonyl (C=O) groups is 1. The van der Waals surface area contributed by atoms with Crippen LogP contribution in [-0.4, -0.2) is 19.7 Å². The zero-order chi connectivity index (χ0) is 14.4. The van der Waals surface area contributed by atoms with Crippen LogP contribution in [0.1, 0.15) is 17.4 Å². The zero-order valence-corrected chi connectivity index (χ0v) is 11.6. The van der Waals surface area contributed by atoms with Gasteiger partial charge < -0.3 is 19.8 Å². The molecule has 5 nitrogen and oxygen atoms in total. The van der Waals surface area contributed by atoms with Crippen molar-refractivity contribution < 1.29 is 13.9 Å². The molecule has 2 aromatic rings. The molecule has 0 radical (unpaired) electrons. The number of urea groups is 1. The van der Waals surface area contributed by atoms with Crippen molar-refractivity contribution in [3.05, 3.63) is 54.0 Å². The van der Waals surface area contributed by atoms with E-state index >= 15 is 0 Å². The smallest absolute Gasteiger partial charge is 0.319 e. The molecule has 0 aliphatic carbocycles. The lowest BCUT2D eigenvalue weighted by Crippen LogP contribution is -2.33. The summed E-state index contributed by atoms with van der Waals surface area (Å²) in [5.74, 6) is 0.684. The van der Waals surface area contributed by atoms with Gasteiger partial charge in [-0.25, -0.2) is 4.79 Å². The first-order chi connectivity index (χ1) is 9.70. The van der Waals surface area contributed by atoms with E-state index in [2.05, 4.69) is 10.6 Å². The van der Waals surface area contributed by atoms with Crippen LogP contribution >= 0.6 is 0 Å². The lowest BCUT2D eigenvalue weighted by atomic mass is 10.2. The van der Waals surface area contributed by atoms with Crippen molar-refractivity contribution in [1.29, 1.82) is 0 Å². The number of nitrogens with one attached hydrogen (secondary N) is 2. The largest absolute Gasteiger partial charge is 0.467 e. The summed E-state index contributed by atoms with van der Waals surface area (Å²) in [5, 5.41) is 5.56. The summed E-state index contributed by atoms with van der Waals surface area (Å²) in [6.07, 6.45) is 1.28. The highest BCUT2D eigenvalue weighted by Crippen LogP contribution is 2.16. The van der Waals surface area contributed by atoms with Gasteiger partial charge >= 0.3 is 6.03 Å². The topological polar surface area (TPSA) is 63.5 Å². The average molecular weight is 274 g/mol. The monoisotopic (exact) mass is 274 g/mol. The first kappa shape index (κ1) is 14.1. The van der Waals surface area contributed by atoms with Crippen LogP contribution in [0.25, 0.3) is 0 Å². The minimum Gasteiger partial charge on any atom is -0.467 e. The number of methoxy groups -OCH3 is 1. The number of hydrogen-bond donors (Lipinski definition) is 2. The second-order valence-electron chi connectivity index (χ2n) is 4.39. The summed E-state index contributed by atoms with van der Waals surface area (Å²) in [6.45, 7) is 2.28. The fourth-order valence-corrected chi connectivity index (χ4v) is 1.84. The van der Waals surface area contributed by atoms with E-state index < -0.39 is 0 Å². The summed E-state index contributed by atoms with van der Waals surface area (Å²) in [6, 6.07) is 10.9. The number of hydrogen-bond acceptors (Lipinski definition) is 3. The fourth-order valence-electron chi connectivity index (χ4n) is 1.84. The molecule has 0 fully saturated rings. The molecule has 20 heavy (non-hydrogen) atoms. The molecule has 0 aliphatic heterocycles.